The van der Waals surface area contributed by atoms with Crippen molar-refractivity contribution in [2.75, 3.05) is 19.7 Å². The molecule has 8 nitrogen and oxygen atoms in total. The van der Waals surface area contributed by atoms with E-state index in [0.29, 0.717) is 19.4 Å². The van der Waals surface area contributed by atoms with Crippen LogP contribution in [0.4, 0.5) is 13.6 Å². The molecular formula is C15H24F2N4O4. The lowest BCUT2D eigenvalue weighted by molar-refractivity contribution is -0.142. The Morgan fingerprint density at radius 2 is 2.00 bits per heavy atom. The summed E-state index contributed by atoms with van der Waals surface area (Å²) in [6, 6.07) is -2.15. The number of carbonyl (C=O) groups excluding carboxylic acids is 3. The van der Waals surface area contributed by atoms with E-state index >= 15 is 0 Å². The Kier molecular flexibility index (Phi) is 5.81. The van der Waals surface area contributed by atoms with Gasteiger partial charge in [0.25, 0.3) is 5.92 Å². The van der Waals surface area contributed by atoms with Gasteiger partial charge >= 0.3 is 6.09 Å². The quantitative estimate of drug-likeness (QED) is 0.740. The molecule has 2 rings (SSSR count). The van der Waals surface area contributed by atoms with Crippen molar-refractivity contribution in [3.63, 3.8) is 0 Å². The van der Waals surface area contributed by atoms with Gasteiger partial charge in [-0.25, -0.2) is 18.6 Å². The van der Waals surface area contributed by atoms with Crippen molar-refractivity contribution in [3.8, 4) is 0 Å². The Bertz CT molecular complexity index is 544. The van der Waals surface area contributed by atoms with Crippen LogP contribution in [0.3, 0.4) is 0 Å². The zero-order valence-corrected chi connectivity index (χ0v) is 14.3. The van der Waals surface area contributed by atoms with Crippen molar-refractivity contribution in [1.29, 1.82) is 0 Å². The van der Waals surface area contributed by atoms with E-state index < -0.39 is 48.9 Å². The number of hydrogen-bond donors (Lipinski definition) is 2. The highest BCUT2D eigenvalue weighted by Gasteiger charge is 2.51. The molecule has 0 aromatic rings. The van der Waals surface area contributed by atoms with Crippen molar-refractivity contribution < 1.29 is 27.9 Å². The van der Waals surface area contributed by atoms with Crippen LogP contribution in [0.5, 0.6) is 0 Å². The van der Waals surface area contributed by atoms with E-state index in [1.165, 1.54) is 5.01 Å². The average Bonchev–Trinajstić information content (AvgIpc) is 3.08. The highest BCUT2D eigenvalue weighted by atomic mass is 19.3. The Morgan fingerprint density at radius 1 is 1.32 bits per heavy atom. The minimum absolute atomic E-state index is 0.157. The fourth-order valence-corrected chi connectivity index (χ4v) is 3.04. The second-order valence-electron chi connectivity index (χ2n) is 6.90. The molecule has 0 saturated carbocycles. The Balaban J connectivity index is 2.02. The lowest BCUT2D eigenvalue weighted by Crippen LogP contribution is -2.55. The summed E-state index contributed by atoms with van der Waals surface area (Å²) < 4.78 is 32.3. The van der Waals surface area contributed by atoms with E-state index in [-0.39, 0.29) is 12.5 Å². The first-order valence-electron chi connectivity index (χ1n) is 8.28. The monoisotopic (exact) mass is 362 g/mol. The number of nitrogens with zero attached hydrogens (tertiary/aromatic N) is 2. The molecule has 2 aliphatic heterocycles. The first-order valence-corrected chi connectivity index (χ1v) is 8.28. The SMILES string of the molecule is CC(C)COC(=O)NN1CCC[C@H]1C(=O)N1CC(F)(F)C[C@H]1C(N)=O. The molecule has 0 aromatic heterocycles. The van der Waals surface area contributed by atoms with E-state index in [1.54, 1.807) is 0 Å². The van der Waals surface area contributed by atoms with Crippen molar-refractivity contribution in [3.05, 3.63) is 0 Å². The Hall–Kier alpha value is -1.97. The van der Waals surface area contributed by atoms with E-state index in [4.69, 9.17) is 10.5 Å². The molecule has 3 N–H and O–H groups in total. The molecule has 2 saturated heterocycles. The molecule has 0 unspecified atom stereocenters. The molecule has 0 aromatic carbocycles. The van der Waals surface area contributed by atoms with E-state index in [0.717, 1.165) is 4.90 Å². The molecule has 10 heteroatoms. The molecule has 25 heavy (non-hydrogen) atoms. The summed E-state index contributed by atoms with van der Waals surface area (Å²) in [6.45, 7) is 3.53. The van der Waals surface area contributed by atoms with Gasteiger partial charge < -0.3 is 15.4 Å². The van der Waals surface area contributed by atoms with Gasteiger partial charge in [0.2, 0.25) is 11.8 Å². The smallest absolute Gasteiger partial charge is 0.421 e. The minimum atomic E-state index is -3.15. The highest BCUT2D eigenvalue weighted by molar-refractivity contribution is 5.90. The lowest BCUT2D eigenvalue weighted by Gasteiger charge is -2.29. The number of nitrogens with two attached hydrogens (primary N) is 1. The highest BCUT2D eigenvalue weighted by Crippen LogP contribution is 2.33. The number of alkyl halides is 2. The summed E-state index contributed by atoms with van der Waals surface area (Å²) in [7, 11) is 0. The van der Waals surface area contributed by atoms with Crippen LogP contribution in [0.25, 0.3) is 0 Å². The summed E-state index contributed by atoms with van der Waals surface area (Å²) in [6.07, 6.45) is -0.486. The predicted molar refractivity (Wildman–Crippen MR) is 83.3 cm³/mol. The summed E-state index contributed by atoms with van der Waals surface area (Å²) in [5.41, 5.74) is 7.63. The van der Waals surface area contributed by atoms with Gasteiger partial charge in [0, 0.05) is 13.0 Å². The Labute approximate surface area is 144 Å². The number of nitrogens with one attached hydrogen (secondary N) is 1. The third-order valence-corrected chi connectivity index (χ3v) is 4.20. The van der Waals surface area contributed by atoms with Gasteiger partial charge in [-0.05, 0) is 18.8 Å². The molecule has 0 aliphatic carbocycles. The fourth-order valence-electron chi connectivity index (χ4n) is 3.04. The van der Waals surface area contributed by atoms with Gasteiger partial charge in [0.15, 0.2) is 0 Å². The fraction of sp³-hybridized carbons (Fsp3) is 0.800. The summed E-state index contributed by atoms with van der Waals surface area (Å²) in [5.74, 6) is -4.59. The van der Waals surface area contributed by atoms with E-state index in [9.17, 15) is 23.2 Å². The second-order valence-corrected chi connectivity index (χ2v) is 6.90. The lowest BCUT2D eigenvalue weighted by atomic mass is 10.1. The van der Waals surface area contributed by atoms with Crippen molar-refractivity contribution in [2.24, 2.45) is 11.7 Å². The number of carbonyl (C=O) groups is 3. The predicted octanol–water partition coefficient (Wildman–Crippen LogP) is 0.470. The minimum Gasteiger partial charge on any atom is -0.448 e. The van der Waals surface area contributed by atoms with Crippen LogP contribution in [-0.4, -0.2) is 65.5 Å². The van der Waals surface area contributed by atoms with Crippen molar-refractivity contribution in [1.82, 2.24) is 15.3 Å². The van der Waals surface area contributed by atoms with Crippen LogP contribution in [0, 0.1) is 5.92 Å². The van der Waals surface area contributed by atoms with E-state index in [2.05, 4.69) is 5.43 Å². The number of primary amides is 1. The number of ether oxygens (including phenoxy) is 1. The molecule has 0 radical (unpaired) electrons. The largest absolute Gasteiger partial charge is 0.448 e. The van der Waals surface area contributed by atoms with Crippen LogP contribution in [-0.2, 0) is 14.3 Å². The number of hydrazine groups is 1. The number of hydrogen-bond acceptors (Lipinski definition) is 5. The second kappa shape index (κ2) is 7.51. The summed E-state index contributed by atoms with van der Waals surface area (Å²) >= 11 is 0. The van der Waals surface area contributed by atoms with Crippen LogP contribution < -0.4 is 11.2 Å². The van der Waals surface area contributed by atoms with Crippen molar-refractivity contribution in [2.45, 2.75) is 51.1 Å². The standard InChI is InChI=1S/C15H24F2N4O4/c1-9(2)7-25-14(24)19-21-5-3-4-10(21)13(23)20-8-15(16,17)6-11(20)12(18)22/h9-11H,3-8H2,1-2H3,(H2,18,22)(H,19,24)/t10-,11-/m0/s1. The molecule has 0 spiro atoms. The van der Waals surface area contributed by atoms with Gasteiger partial charge in [-0.1, -0.05) is 13.8 Å². The Morgan fingerprint density at radius 3 is 2.60 bits per heavy atom. The third kappa shape index (κ3) is 4.77. The molecule has 2 fully saturated rings. The summed E-state index contributed by atoms with van der Waals surface area (Å²) in [4.78, 5) is 36.7. The first-order chi connectivity index (χ1) is 11.6. The zero-order chi connectivity index (χ0) is 18.8. The number of likely N-dealkylation sites (tertiary alicyclic amines) is 1. The van der Waals surface area contributed by atoms with Gasteiger partial charge in [-0.2, -0.15) is 0 Å². The number of halogens is 2. The molecule has 2 atom stereocenters. The summed E-state index contributed by atoms with van der Waals surface area (Å²) in [5, 5.41) is 1.37. The average molecular weight is 362 g/mol. The molecule has 2 aliphatic rings. The van der Waals surface area contributed by atoms with Gasteiger partial charge in [-0.15, -0.1) is 0 Å². The van der Waals surface area contributed by atoms with Gasteiger partial charge in [0.1, 0.15) is 12.1 Å². The maximum Gasteiger partial charge on any atom is 0.421 e. The maximum atomic E-state index is 13.6. The van der Waals surface area contributed by atoms with Crippen LogP contribution in [0.15, 0.2) is 0 Å². The number of rotatable bonds is 5. The van der Waals surface area contributed by atoms with E-state index in [1.807, 2.05) is 13.8 Å². The molecule has 142 valence electrons. The van der Waals surface area contributed by atoms with Crippen LogP contribution in [0.2, 0.25) is 0 Å². The van der Waals surface area contributed by atoms with Crippen LogP contribution in [0.1, 0.15) is 33.1 Å². The molecule has 2 heterocycles. The van der Waals surface area contributed by atoms with Crippen LogP contribution >= 0.6 is 0 Å². The molecule has 3 amide bonds. The zero-order valence-electron chi connectivity index (χ0n) is 14.3. The van der Waals surface area contributed by atoms with Crippen molar-refractivity contribution >= 4 is 17.9 Å². The van der Waals surface area contributed by atoms with Gasteiger partial charge in [0.05, 0.1) is 13.2 Å². The number of amides is 3. The molecular weight excluding hydrogens is 338 g/mol. The first kappa shape index (κ1) is 19.4. The molecule has 0 bridgehead atoms. The maximum absolute atomic E-state index is 13.6. The van der Waals surface area contributed by atoms with Gasteiger partial charge in [-0.3, -0.25) is 15.0 Å². The third-order valence-electron chi connectivity index (χ3n) is 4.20. The topological polar surface area (TPSA) is 105 Å². The normalized spacial score (nSPS) is 26.0.